The molecule has 1 aromatic heterocycles. The topological polar surface area (TPSA) is 144 Å². The molecule has 0 bridgehead atoms. The molecule has 8 heteroatoms. The number of esters is 1. The van der Waals surface area contributed by atoms with Crippen LogP contribution in [0.1, 0.15) is 62.2 Å². The lowest BCUT2D eigenvalue weighted by atomic mass is 9.69. The van der Waals surface area contributed by atoms with Crippen molar-refractivity contribution in [2.75, 3.05) is 5.73 Å². The molecule has 1 saturated carbocycles. The van der Waals surface area contributed by atoms with E-state index in [1.807, 2.05) is 0 Å². The first kappa shape index (κ1) is 21.7. The summed E-state index contributed by atoms with van der Waals surface area (Å²) in [6.07, 6.45) is 3.65. The highest BCUT2D eigenvalue weighted by molar-refractivity contribution is 6.03. The lowest BCUT2D eigenvalue weighted by Crippen LogP contribution is -2.36. The van der Waals surface area contributed by atoms with E-state index in [1.165, 1.54) is 0 Å². The number of aliphatic imine (C=N–C) groups is 1. The lowest BCUT2D eigenvalue weighted by molar-refractivity contribution is -0.149. The van der Waals surface area contributed by atoms with Gasteiger partial charge in [0.1, 0.15) is 11.4 Å². The predicted molar refractivity (Wildman–Crippen MR) is 116 cm³/mol. The fourth-order valence-electron chi connectivity index (χ4n) is 4.89. The number of nitrogens with one attached hydrogen (secondary N) is 1. The number of nitrogens with two attached hydrogens (primary N) is 2. The van der Waals surface area contributed by atoms with Crippen molar-refractivity contribution in [2.45, 2.75) is 47.5 Å². The third kappa shape index (κ3) is 3.86. The summed E-state index contributed by atoms with van der Waals surface area (Å²) in [5, 5.41) is 9.30. The van der Waals surface area contributed by atoms with Crippen LogP contribution in [0.4, 0.5) is 5.82 Å². The molecule has 1 aromatic rings. The summed E-state index contributed by atoms with van der Waals surface area (Å²) in [6.45, 7) is 9.83. The van der Waals surface area contributed by atoms with E-state index in [-0.39, 0.29) is 46.7 Å². The lowest BCUT2D eigenvalue weighted by Gasteiger charge is -2.36. The molecular weight excluding hydrogens is 384 g/mol. The first-order valence-corrected chi connectivity index (χ1v) is 10.2. The van der Waals surface area contributed by atoms with Gasteiger partial charge in [-0.2, -0.15) is 0 Å². The zero-order valence-corrected chi connectivity index (χ0v) is 18.1. The standard InChI is InChI=1S/C22H30N4O4/c1-9-6-10(2)16(11(3)7-9)22(29)30-18-13(5)15(26-20(18)24)8-14-12(4)17(21(27)28)19(23)25-14/h8-11,16,25H,6-7,23H2,1-5H3,(H2,24,26)(H,27,28). The largest absolute Gasteiger partial charge is 0.478 e. The van der Waals surface area contributed by atoms with E-state index in [9.17, 15) is 14.7 Å². The van der Waals surface area contributed by atoms with Gasteiger partial charge < -0.3 is 26.3 Å². The van der Waals surface area contributed by atoms with Crippen molar-refractivity contribution in [3.05, 3.63) is 33.9 Å². The molecule has 30 heavy (non-hydrogen) atoms. The van der Waals surface area contributed by atoms with E-state index in [2.05, 4.69) is 30.7 Å². The number of allylic oxidation sites excluding steroid dienone is 1. The van der Waals surface area contributed by atoms with Gasteiger partial charge in [-0.3, -0.25) is 4.79 Å². The number of rotatable bonds is 4. The van der Waals surface area contributed by atoms with Crippen molar-refractivity contribution in [1.29, 1.82) is 0 Å². The molecule has 0 amide bonds. The van der Waals surface area contributed by atoms with Gasteiger partial charge in [-0.05, 0) is 56.1 Å². The summed E-state index contributed by atoms with van der Waals surface area (Å²) in [6, 6.07) is 0. The summed E-state index contributed by atoms with van der Waals surface area (Å²) in [7, 11) is 0. The van der Waals surface area contributed by atoms with Gasteiger partial charge in [0.15, 0.2) is 11.6 Å². The number of carboxylic acids is 1. The van der Waals surface area contributed by atoms with E-state index >= 15 is 0 Å². The molecule has 2 heterocycles. The summed E-state index contributed by atoms with van der Waals surface area (Å²) in [4.78, 5) is 31.5. The number of aromatic nitrogens is 1. The van der Waals surface area contributed by atoms with Gasteiger partial charge in [-0.15, -0.1) is 0 Å². The van der Waals surface area contributed by atoms with Gasteiger partial charge in [0, 0.05) is 11.3 Å². The van der Waals surface area contributed by atoms with Crippen molar-refractivity contribution in [3.8, 4) is 0 Å². The zero-order valence-electron chi connectivity index (χ0n) is 18.1. The molecule has 8 nitrogen and oxygen atoms in total. The summed E-state index contributed by atoms with van der Waals surface area (Å²) >= 11 is 0. The number of ether oxygens (including phenoxy) is 1. The van der Waals surface area contributed by atoms with E-state index in [0.717, 1.165) is 12.8 Å². The number of carbonyl (C=O) groups is 2. The third-order valence-electron chi connectivity index (χ3n) is 6.26. The average Bonchev–Trinajstić information content (AvgIpc) is 3.04. The Hall–Kier alpha value is -3.03. The second-order valence-corrected chi connectivity index (χ2v) is 8.72. The average molecular weight is 415 g/mol. The van der Waals surface area contributed by atoms with Crippen LogP contribution < -0.4 is 11.5 Å². The van der Waals surface area contributed by atoms with E-state index in [4.69, 9.17) is 16.2 Å². The van der Waals surface area contributed by atoms with Crippen LogP contribution in [0.15, 0.2) is 22.0 Å². The van der Waals surface area contributed by atoms with E-state index in [0.29, 0.717) is 28.4 Å². The highest BCUT2D eigenvalue weighted by atomic mass is 16.5. The van der Waals surface area contributed by atoms with Crippen molar-refractivity contribution in [3.63, 3.8) is 0 Å². The smallest absolute Gasteiger partial charge is 0.339 e. The number of amidine groups is 1. The predicted octanol–water partition coefficient (Wildman–Crippen LogP) is 3.45. The van der Waals surface area contributed by atoms with Crippen LogP contribution >= 0.6 is 0 Å². The van der Waals surface area contributed by atoms with Crippen molar-refractivity contribution in [2.24, 2.45) is 34.4 Å². The number of nitrogens with zero attached hydrogens (tertiary/aromatic N) is 1. The molecule has 3 rings (SSSR count). The molecule has 162 valence electrons. The number of hydrogen-bond donors (Lipinski definition) is 4. The second kappa shape index (κ2) is 8.01. The number of H-pyrrole nitrogens is 1. The number of aromatic carboxylic acids is 1. The number of anilines is 1. The molecule has 6 N–H and O–H groups in total. The van der Waals surface area contributed by atoms with Gasteiger partial charge >= 0.3 is 11.9 Å². The molecule has 0 spiro atoms. The Kier molecular flexibility index (Phi) is 5.78. The summed E-state index contributed by atoms with van der Waals surface area (Å²) < 4.78 is 5.73. The van der Waals surface area contributed by atoms with E-state index in [1.54, 1.807) is 19.9 Å². The SMILES string of the molecule is CC1=C(OC(=O)C2C(C)CC(C)CC2C)C(N)=NC1=Cc1[nH]c(N)c(C(=O)O)c1C. The van der Waals surface area contributed by atoms with E-state index < -0.39 is 5.97 Å². The Morgan fingerprint density at radius 3 is 2.30 bits per heavy atom. The molecule has 1 aliphatic carbocycles. The Morgan fingerprint density at radius 2 is 1.77 bits per heavy atom. The van der Waals surface area contributed by atoms with Gasteiger partial charge in [0.25, 0.3) is 0 Å². The highest BCUT2D eigenvalue weighted by Gasteiger charge is 2.38. The van der Waals surface area contributed by atoms with Crippen LogP contribution in [-0.2, 0) is 9.53 Å². The van der Waals surface area contributed by atoms with Crippen LogP contribution in [0.2, 0.25) is 0 Å². The Bertz CT molecular complexity index is 974. The van der Waals surface area contributed by atoms with Crippen LogP contribution in [0.25, 0.3) is 6.08 Å². The first-order valence-electron chi connectivity index (χ1n) is 10.2. The number of carboxylic acid groups (broad SMARTS) is 1. The van der Waals surface area contributed by atoms with Crippen LogP contribution in [0.5, 0.6) is 0 Å². The molecular formula is C22H30N4O4. The van der Waals surface area contributed by atoms with Crippen molar-refractivity contribution < 1.29 is 19.4 Å². The number of hydrogen-bond acceptors (Lipinski definition) is 6. The maximum absolute atomic E-state index is 12.9. The fourth-order valence-corrected chi connectivity index (χ4v) is 4.89. The Labute approximate surface area is 176 Å². The highest BCUT2D eigenvalue weighted by Crippen LogP contribution is 2.39. The van der Waals surface area contributed by atoms with Crippen LogP contribution in [0, 0.1) is 30.6 Å². The van der Waals surface area contributed by atoms with Crippen molar-refractivity contribution in [1.82, 2.24) is 4.98 Å². The summed E-state index contributed by atoms with van der Waals surface area (Å²) in [5.74, 6) is -0.00440. The monoisotopic (exact) mass is 414 g/mol. The maximum atomic E-state index is 12.9. The third-order valence-corrected chi connectivity index (χ3v) is 6.26. The minimum atomic E-state index is -1.10. The van der Waals surface area contributed by atoms with Gasteiger partial charge in [-0.1, -0.05) is 20.8 Å². The molecule has 2 aliphatic rings. The van der Waals surface area contributed by atoms with Crippen LogP contribution in [-0.4, -0.2) is 27.9 Å². The van der Waals surface area contributed by atoms with Gasteiger partial charge in [0.05, 0.1) is 11.6 Å². The zero-order chi connectivity index (χ0) is 22.3. The first-order chi connectivity index (χ1) is 14.0. The molecule has 1 fully saturated rings. The minimum absolute atomic E-state index is 0.0274. The van der Waals surface area contributed by atoms with Gasteiger partial charge in [-0.25, -0.2) is 9.79 Å². The number of carbonyl (C=O) groups excluding carboxylic acids is 1. The molecule has 2 unspecified atom stereocenters. The van der Waals surface area contributed by atoms with Crippen molar-refractivity contribution >= 4 is 29.7 Å². The number of aromatic amines is 1. The van der Waals surface area contributed by atoms with Crippen LogP contribution in [0.3, 0.4) is 0 Å². The maximum Gasteiger partial charge on any atom is 0.339 e. The normalized spacial score (nSPS) is 28.0. The van der Waals surface area contributed by atoms with Gasteiger partial charge in [0.2, 0.25) is 0 Å². The molecule has 0 aromatic carbocycles. The molecule has 0 radical (unpaired) electrons. The minimum Gasteiger partial charge on any atom is -0.478 e. The Balaban J connectivity index is 1.87. The molecule has 1 aliphatic heterocycles. The molecule has 0 saturated heterocycles. The fraction of sp³-hybridized carbons (Fsp3) is 0.500. The quantitative estimate of drug-likeness (QED) is 0.556. The molecule has 2 atom stereocenters. The number of nitrogen functional groups attached to an aromatic ring is 1. The summed E-state index contributed by atoms with van der Waals surface area (Å²) in [5.41, 5.74) is 14.0. The Morgan fingerprint density at radius 1 is 1.17 bits per heavy atom. The second-order valence-electron chi connectivity index (χ2n) is 8.72.